The van der Waals surface area contributed by atoms with Gasteiger partial charge in [0.1, 0.15) is 36.6 Å². The molecule has 0 fully saturated rings. The van der Waals surface area contributed by atoms with Crippen molar-refractivity contribution in [2.45, 2.75) is 0 Å². The van der Waals surface area contributed by atoms with Gasteiger partial charge in [0.2, 0.25) is 0 Å². The molecule has 0 unspecified atom stereocenters. The second-order valence-electron chi connectivity index (χ2n) is 6.51. The molecule has 83 heavy (non-hydrogen) atoms. The molecule has 0 saturated carbocycles. The van der Waals surface area contributed by atoms with E-state index in [2.05, 4.69) is 218 Å². The Morgan fingerprint density at radius 1 is 0.217 bits per heavy atom. The Bertz CT molecular complexity index is 1420. The van der Waals surface area contributed by atoms with Crippen molar-refractivity contribution >= 4 is 258 Å². The minimum absolute atomic E-state index is 0. The van der Waals surface area contributed by atoms with Gasteiger partial charge in [-0.25, -0.2) is 0 Å². The fourth-order valence-electron chi connectivity index (χ4n) is 0. The molecule has 48 nitrogen and oxygen atoms in total. The van der Waals surface area contributed by atoms with Gasteiger partial charge >= 0.3 is 0 Å². The van der Waals surface area contributed by atoms with Crippen LogP contribution in [0.3, 0.4) is 0 Å². The molecule has 0 aromatic heterocycles. The number of phosphoric acid groups is 6. The first-order valence-electron chi connectivity index (χ1n) is 12.7. The van der Waals surface area contributed by atoms with Crippen LogP contribution < -0.4 is 188 Å². The molecule has 0 aromatic carbocycles. The molecule has 0 aliphatic heterocycles. The van der Waals surface area contributed by atoms with Gasteiger partial charge in [-0.3, -0.25) is 0 Å². The maximum Gasteiger partial charge on any atom is 0.131 e. The number of hydrogen-bond donors (Lipinski definition) is 12. The van der Waals surface area contributed by atoms with Crippen LogP contribution in [0.4, 0.5) is 28.8 Å². The first-order valence-corrected chi connectivity index (χ1v) is 26.4. The first kappa shape index (κ1) is 155. The van der Waals surface area contributed by atoms with E-state index in [-0.39, 0.29) is 131 Å². The van der Waals surface area contributed by atoms with E-state index in [0.29, 0.717) is 0 Å². The average Bonchev–Trinajstić information content (AvgIpc) is 2.87. The standard InChI is InChI=1S/6CH3NO2.6CH3NS2.5Mo.6H3O4P/c12*2-1(3)4;;;;;;6*1-5(2,3)4/h6*2H2,(H,3,4);6*(H3,2,3,4);;;;;;6*(H3,1,2,3,4)/p-30. The normalized spacial score (nSPS) is 7.73. The Hall–Kier alpha value is 0.382. The predicted octanol–water partition coefficient (Wildman–Crippen LogP) is -28.6. The minimum Gasteiger partial charge on any atom is -0.822 e. The molecule has 71 heteroatoms. The number of rotatable bonds is 0. The maximum atomic E-state index is 8.67. The zero-order valence-corrected chi connectivity index (χ0v) is 62.4. The molecule has 6 amide bonds. The fraction of sp³-hybridized carbons (Fsp3) is 0. The smallest absolute Gasteiger partial charge is 0.131 e. The van der Waals surface area contributed by atoms with Crippen LogP contribution in [0.15, 0.2) is 0 Å². The molecule has 0 saturated heterocycles. The van der Waals surface area contributed by atoms with Crippen molar-refractivity contribution in [1.29, 1.82) is 0 Å². The van der Waals surface area contributed by atoms with Gasteiger partial charge in [-0.05, 0) is 0 Å². The van der Waals surface area contributed by atoms with E-state index in [1.165, 1.54) is 0 Å². The van der Waals surface area contributed by atoms with Crippen molar-refractivity contribution < 1.29 is 280 Å². The van der Waals surface area contributed by atoms with Crippen LogP contribution in [0.25, 0.3) is 0 Å². The SMILES string of the molecule is NC(=O)[O-].NC(=O)[O-].NC(=O)[O-].NC(=O)[O-].NC(=O)[O-].NC(=O)[O-].NC(=S)[S-].NC(=S)[S-].NC(=S)[S-].NC(=S)[S-].NC(=S)[S-].NC(=S)[S-].O=P([O-])([O-])[O-].O=P([O-])([O-])[O-].O=P([O-])([O-])[O-].O=P([O-])([O-])[O-].O=P([O-])([O-])[O-].O=P([O-])([O-])[O-].[Mo].[Mo].[Mo].[Mo].[Mo]. The summed E-state index contributed by atoms with van der Waals surface area (Å²) in [4.78, 5) is 206. The van der Waals surface area contributed by atoms with Crippen LogP contribution in [-0.2, 0) is 208 Å². The summed E-state index contributed by atoms with van der Waals surface area (Å²) < 4.78 is 51.8. The molecule has 0 bridgehead atoms. The second-order valence-corrected chi connectivity index (χ2v) is 18.7. The topological polar surface area (TPSA) is 1070 Å². The number of carboxylic acid groups (broad SMARTS) is 6. The van der Waals surface area contributed by atoms with Crippen molar-refractivity contribution in [2.24, 2.45) is 68.8 Å². The van der Waals surface area contributed by atoms with E-state index in [1.807, 2.05) is 0 Å². The fourth-order valence-corrected chi connectivity index (χ4v) is 0. The van der Waals surface area contributed by atoms with Crippen LogP contribution in [0.1, 0.15) is 0 Å². The molecule has 0 atom stereocenters. The van der Waals surface area contributed by atoms with Gasteiger partial charge in [0, 0.05) is 105 Å². The zero-order chi connectivity index (χ0) is 69.9. The van der Waals surface area contributed by atoms with Crippen LogP contribution in [0.2, 0.25) is 0 Å². The van der Waals surface area contributed by atoms with Crippen molar-refractivity contribution in [3.63, 3.8) is 0 Å². The Kier molecular flexibility index (Phi) is 195. The van der Waals surface area contributed by atoms with Crippen LogP contribution >= 0.6 is 120 Å². The number of hydrogen-bond acceptors (Lipinski definition) is 48. The number of carbonyl (C=O) groups excluding carboxylic acids is 6. The summed E-state index contributed by atoms with van der Waals surface area (Å²) in [5.41, 5.74) is 51.4. The molecule has 0 radical (unpaired) electrons. The van der Waals surface area contributed by atoms with Gasteiger partial charge in [-0.2, -0.15) is 46.9 Å². The van der Waals surface area contributed by atoms with Gasteiger partial charge in [0.15, 0.2) is 0 Å². The van der Waals surface area contributed by atoms with Crippen molar-refractivity contribution in [1.82, 2.24) is 0 Å². The van der Waals surface area contributed by atoms with E-state index in [4.69, 9.17) is 175 Å². The minimum atomic E-state index is -5.39. The molecule has 24 N–H and O–H groups in total. The maximum absolute atomic E-state index is 8.67. The number of carbonyl (C=O) groups is 6. The van der Waals surface area contributed by atoms with E-state index in [0.717, 1.165) is 0 Å². The van der Waals surface area contributed by atoms with Gasteiger partial charge in [0.25, 0.3) is 0 Å². The Balaban J connectivity index is -0.0000000218. The molecule has 0 heterocycles. The Morgan fingerprint density at radius 3 is 0.217 bits per heavy atom. The molecule has 0 spiro atoms. The van der Waals surface area contributed by atoms with Crippen molar-refractivity contribution in [3.8, 4) is 0 Å². The summed E-state index contributed by atoms with van der Waals surface area (Å²) in [6.45, 7) is 0. The number of primary amides is 6. The number of nitrogens with two attached hydrogens (primary N) is 12. The third-order valence-electron chi connectivity index (χ3n) is 0. The third-order valence-corrected chi connectivity index (χ3v) is 0. The molecule has 510 valence electrons. The van der Waals surface area contributed by atoms with Gasteiger partial charge < -0.3 is 393 Å². The van der Waals surface area contributed by atoms with Crippen LogP contribution in [-0.4, -0.2) is 62.5 Å². The third kappa shape index (κ3) is 3660000. The monoisotopic (exact) mass is 1970 g/mol. The average molecular weight is 1960 g/mol. The summed E-state index contributed by atoms with van der Waals surface area (Å²) in [6, 6.07) is 0. The Morgan fingerprint density at radius 2 is 0.217 bits per heavy atom. The van der Waals surface area contributed by atoms with Crippen molar-refractivity contribution in [2.75, 3.05) is 0 Å². The summed E-state index contributed by atoms with van der Waals surface area (Å²) in [7, 11) is -32.3. The van der Waals surface area contributed by atoms with Gasteiger partial charge in [-0.1, -0.05) is 25.9 Å². The summed E-state index contributed by atoms with van der Waals surface area (Å²) in [5.74, 6) is 0. The largest absolute Gasteiger partial charge is 0.822 e. The molecule has 0 aromatic rings. The predicted molar refractivity (Wildman–Crippen MR) is 248 cm³/mol. The van der Waals surface area contributed by atoms with Crippen molar-refractivity contribution in [3.05, 3.63) is 0 Å². The second kappa shape index (κ2) is 104. The van der Waals surface area contributed by atoms with Crippen LogP contribution in [0, 0.1) is 0 Å². The number of thiocarbonyl (C=S) groups is 6. The van der Waals surface area contributed by atoms with Gasteiger partial charge in [-0.15, -0.1) is 0 Å². The summed E-state index contributed by atoms with van der Waals surface area (Å²) >= 11 is 49.6. The molecule has 0 aliphatic carbocycles. The zero-order valence-electron chi connectivity index (χ0n) is 37.2. The first-order chi connectivity index (χ1) is 32.8. The van der Waals surface area contributed by atoms with E-state index >= 15 is 0 Å². The molecule has 0 aliphatic rings. The molecular weight excluding hydrogens is 1940 g/mol. The molecule has 0 rings (SSSR count). The van der Waals surface area contributed by atoms with E-state index < -0.39 is 83.5 Å². The van der Waals surface area contributed by atoms with Gasteiger partial charge in [0.05, 0.1) is 0 Å². The van der Waals surface area contributed by atoms with E-state index in [1.54, 1.807) is 0 Å². The summed E-state index contributed by atoms with van der Waals surface area (Å²) in [5, 5.41) is 52.0. The Labute approximate surface area is 600 Å². The summed E-state index contributed by atoms with van der Waals surface area (Å²) in [6.07, 6.45) is -9.50. The molecular formula is C12H24Mo5N12O36P6S12-30. The quantitative estimate of drug-likeness (QED) is 0.0464. The van der Waals surface area contributed by atoms with Crippen LogP contribution in [0.5, 0.6) is 0 Å². The number of amides is 6. The van der Waals surface area contributed by atoms with E-state index in [9.17, 15) is 0 Å².